The average molecular weight is 239 g/mol. The summed E-state index contributed by atoms with van der Waals surface area (Å²) >= 11 is 4.59. The van der Waals surface area contributed by atoms with Crippen LogP contribution >= 0.6 is 12.2 Å². The molecule has 0 aliphatic heterocycles. The van der Waals surface area contributed by atoms with Crippen molar-refractivity contribution >= 4 is 23.2 Å². The van der Waals surface area contributed by atoms with E-state index in [1.54, 1.807) is 19.1 Å². The van der Waals surface area contributed by atoms with E-state index < -0.39 is 0 Å². The molecular formula is C12H17NO2S. The van der Waals surface area contributed by atoms with E-state index in [0.717, 1.165) is 4.99 Å². The van der Waals surface area contributed by atoms with Gasteiger partial charge in [-0.1, -0.05) is 30.4 Å². The van der Waals surface area contributed by atoms with E-state index in [-0.39, 0.29) is 5.97 Å². The maximum absolute atomic E-state index is 11.0. The summed E-state index contributed by atoms with van der Waals surface area (Å²) in [5.41, 5.74) is 0.606. The highest BCUT2D eigenvalue weighted by atomic mass is 32.1. The summed E-state index contributed by atoms with van der Waals surface area (Å²) in [5.74, 6) is -0.256. The molecule has 0 fully saturated rings. The highest BCUT2D eigenvalue weighted by Crippen LogP contribution is 1.99. The monoisotopic (exact) mass is 239 g/mol. The van der Waals surface area contributed by atoms with E-state index in [1.807, 2.05) is 32.2 Å². The van der Waals surface area contributed by atoms with Crippen LogP contribution in [0, 0.1) is 0 Å². The van der Waals surface area contributed by atoms with Crippen LogP contribution in [-0.2, 0) is 4.74 Å². The number of hydrogen-bond donors (Lipinski definition) is 1. The Morgan fingerprint density at radius 2 is 1.88 bits per heavy atom. The molecule has 88 valence electrons. The molecule has 16 heavy (non-hydrogen) atoms. The minimum atomic E-state index is -0.256. The zero-order chi connectivity index (χ0) is 12.4. The van der Waals surface area contributed by atoms with Gasteiger partial charge in [-0.25, -0.2) is 4.79 Å². The molecule has 0 amide bonds. The van der Waals surface area contributed by atoms with Crippen molar-refractivity contribution < 1.29 is 9.53 Å². The molecule has 0 saturated carbocycles. The molecule has 1 aromatic carbocycles. The number of carbonyl (C=O) groups excluding carboxylic acids is 1. The summed E-state index contributed by atoms with van der Waals surface area (Å²) in [4.78, 5) is 11.9. The van der Waals surface area contributed by atoms with Gasteiger partial charge in [0.2, 0.25) is 0 Å². The fourth-order valence-electron chi connectivity index (χ4n) is 0.789. The number of hydrogen-bond acceptors (Lipinski definition) is 3. The van der Waals surface area contributed by atoms with Crippen molar-refractivity contribution in [1.82, 2.24) is 5.32 Å². The van der Waals surface area contributed by atoms with E-state index in [9.17, 15) is 4.79 Å². The van der Waals surface area contributed by atoms with Gasteiger partial charge in [0.05, 0.1) is 17.2 Å². The highest BCUT2D eigenvalue weighted by Gasteiger charge is 2.02. The molecule has 0 atom stereocenters. The lowest BCUT2D eigenvalue weighted by Gasteiger charge is -1.99. The molecule has 0 aromatic heterocycles. The van der Waals surface area contributed by atoms with Crippen molar-refractivity contribution in [3.8, 4) is 0 Å². The van der Waals surface area contributed by atoms with Crippen molar-refractivity contribution in [2.45, 2.75) is 13.8 Å². The predicted molar refractivity (Wildman–Crippen MR) is 69.7 cm³/mol. The van der Waals surface area contributed by atoms with Gasteiger partial charge >= 0.3 is 5.97 Å². The normalized spacial score (nSPS) is 8.44. The second kappa shape index (κ2) is 8.85. The molecule has 0 aliphatic rings. The van der Waals surface area contributed by atoms with Crippen LogP contribution in [-0.4, -0.2) is 24.6 Å². The Bertz CT molecular complexity index is 325. The van der Waals surface area contributed by atoms with Crippen molar-refractivity contribution in [2.24, 2.45) is 0 Å². The van der Waals surface area contributed by atoms with E-state index in [4.69, 9.17) is 4.74 Å². The van der Waals surface area contributed by atoms with Gasteiger partial charge in [-0.2, -0.15) is 0 Å². The Morgan fingerprint density at radius 3 is 2.25 bits per heavy atom. The van der Waals surface area contributed by atoms with Gasteiger partial charge in [-0.05, 0) is 26.0 Å². The maximum atomic E-state index is 11.0. The summed E-state index contributed by atoms with van der Waals surface area (Å²) in [6.07, 6.45) is 0. The molecule has 0 radical (unpaired) electrons. The minimum absolute atomic E-state index is 0.256. The van der Waals surface area contributed by atoms with Gasteiger partial charge < -0.3 is 10.1 Å². The smallest absolute Gasteiger partial charge is 0.338 e. The number of esters is 1. The van der Waals surface area contributed by atoms with Crippen LogP contribution in [0.5, 0.6) is 0 Å². The Morgan fingerprint density at radius 1 is 1.38 bits per heavy atom. The predicted octanol–water partition coefficient (Wildman–Crippen LogP) is 2.42. The molecule has 0 bridgehead atoms. The van der Waals surface area contributed by atoms with E-state index in [0.29, 0.717) is 12.2 Å². The van der Waals surface area contributed by atoms with Crippen molar-refractivity contribution in [3.05, 3.63) is 35.9 Å². The molecule has 1 N–H and O–H groups in total. The average Bonchev–Trinajstić information content (AvgIpc) is 2.31. The van der Waals surface area contributed by atoms with Gasteiger partial charge in [-0.15, -0.1) is 0 Å². The minimum Gasteiger partial charge on any atom is -0.462 e. The lowest BCUT2D eigenvalue weighted by molar-refractivity contribution is 0.0526. The van der Waals surface area contributed by atoms with Gasteiger partial charge in [0.15, 0.2) is 0 Å². The van der Waals surface area contributed by atoms with E-state index in [2.05, 4.69) is 17.5 Å². The maximum Gasteiger partial charge on any atom is 0.338 e. The standard InChI is InChI=1S/C9H10O2.C3H7NS/c1-2-11-9(10)8-6-4-3-5-7-8;1-3(5)4-2/h3-7H,2H2,1H3;1-2H3,(H,4,5). The van der Waals surface area contributed by atoms with Crippen LogP contribution in [0.4, 0.5) is 0 Å². The third-order valence-corrected chi connectivity index (χ3v) is 1.84. The third kappa shape index (κ3) is 6.95. The van der Waals surface area contributed by atoms with Gasteiger partial charge in [0.1, 0.15) is 0 Å². The Labute approximate surface area is 102 Å². The van der Waals surface area contributed by atoms with Crippen molar-refractivity contribution in [2.75, 3.05) is 13.7 Å². The molecule has 0 unspecified atom stereocenters. The largest absolute Gasteiger partial charge is 0.462 e. The van der Waals surface area contributed by atoms with Crippen LogP contribution in [0.15, 0.2) is 30.3 Å². The van der Waals surface area contributed by atoms with Crippen LogP contribution in [0.3, 0.4) is 0 Å². The number of carbonyl (C=O) groups is 1. The zero-order valence-electron chi connectivity index (χ0n) is 9.82. The van der Waals surface area contributed by atoms with Crippen LogP contribution in [0.1, 0.15) is 24.2 Å². The molecule has 0 aliphatic carbocycles. The highest BCUT2D eigenvalue weighted by molar-refractivity contribution is 7.80. The van der Waals surface area contributed by atoms with Gasteiger partial charge in [-0.3, -0.25) is 0 Å². The first-order valence-electron chi connectivity index (χ1n) is 5.02. The fourth-order valence-corrected chi connectivity index (χ4v) is 0.789. The van der Waals surface area contributed by atoms with Gasteiger partial charge in [0.25, 0.3) is 0 Å². The second-order valence-electron chi connectivity index (χ2n) is 2.89. The zero-order valence-corrected chi connectivity index (χ0v) is 10.6. The second-order valence-corrected chi connectivity index (χ2v) is 3.51. The lowest BCUT2D eigenvalue weighted by atomic mass is 10.2. The molecule has 0 saturated heterocycles. The first-order valence-corrected chi connectivity index (χ1v) is 5.43. The molecule has 1 rings (SSSR count). The summed E-state index contributed by atoms with van der Waals surface area (Å²) in [6, 6.07) is 8.96. The van der Waals surface area contributed by atoms with E-state index >= 15 is 0 Å². The summed E-state index contributed by atoms with van der Waals surface area (Å²) < 4.78 is 4.79. The molecule has 0 spiro atoms. The topological polar surface area (TPSA) is 38.3 Å². The molecule has 0 heterocycles. The summed E-state index contributed by atoms with van der Waals surface area (Å²) in [6.45, 7) is 4.06. The molecule has 4 heteroatoms. The van der Waals surface area contributed by atoms with Crippen LogP contribution in [0.2, 0.25) is 0 Å². The van der Waals surface area contributed by atoms with Crippen LogP contribution < -0.4 is 5.32 Å². The summed E-state index contributed by atoms with van der Waals surface area (Å²) in [7, 11) is 1.81. The van der Waals surface area contributed by atoms with Crippen molar-refractivity contribution in [3.63, 3.8) is 0 Å². The first kappa shape index (κ1) is 14.6. The molecule has 3 nitrogen and oxygen atoms in total. The Balaban J connectivity index is 0.000000385. The number of benzene rings is 1. The van der Waals surface area contributed by atoms with E-state index in [1.165, 1.54) is 0 Å². The SMILES string of the molecule is CCOC(=O)c1ccccc1.CNC(C)=S. The van der Waals surface area contributed by atoms with Gasteiger partial charge in [0, 0.05) is 7.05 Å². The molecule has 1 aromatic rings. The lowest BCUT2D eigenvalue weighted by Crippen LogP contribution is -2.09. The van der Waals surface area contributed by atoms with Crippen LogP contribution in [0.25, 0.3) is 0 Å². The Hall–Kier alpha value is -1.42. The molecular weight excluding hydrogens is 222 g/mol. The quantitative estimate of drug-likeness (QED) is 0.635. The Kier molecular flexibility index (Phi) is 8.07. The first-order chi connectivity index (χ1) is 7.61. The summed E-state index contributed by atoms with van der Waals surface area (Å²) in [5, 5.41) is 2.76. The number of thiocarbonyl (C=S) groups is 1. The third-order valence-electron chi connectivity index (χ3n) is 1.64. The van der Waals surface area contributed by atoms with Crippen molar-refractivity contribution in [1.29, 1.82) is 0 Å². The number of nitrogens with one attached hydrogen (secondary N) is 1. The number of ether oxygens (including phenoxy) is 1. The fraction of sp³-hybridized carbons (Fsp3) is 0.333. The number of rotatable bonds is 2.